The number of hydrogen-bond donors (Lipinski definition) is 0. The van der Waals surface area contributed by atoms with E-state index in [2.05, 4.69) is 19.1 Å². The first-order valence-corrected chi connectivity index (χ1v) is 6.59. The molecule has 3 heteroatoms. The highest BCUT2D eigenvalue weighted by Crippen LogP contribution is 2.32. The lowest BCUT2D eigenvalue weighted by Gasteiger charge is -2.11. The van der Waals surface area contributed by atoms with Crippen LogP contribution in [0.15, 0.2) is 42.5 Å². The van der Waals surface area contributed by atoms with Crippen molar-refractivity contribution in [2.24, 2.45) is 0 Å². The van der Waals surface area contributed by atoms with Crippen molar-refractivity contribution in [1.29, 1.82) is 0 Å². The van der Waals surface area contributed by atoms with Gasteiger partial charge in [-0.05, 0) is 41.8 Å². The molecule has 0 fully saturated rings. The van der Waals surface area contributed by atoms with E-state index < -0.39 is 0 Å². The SMILES string of the molecule is CCc1ccc(OC)c(-c2ccc(OC(C)=O)cc2)c1. The van der Waals surface area contributed by atoms with E-state index in [1.54, 1.807) is 19.2 Å². The number of benzene rings is 2. The maximum atomic E-state index is 10.9. The van der Waals surface area contributed by atoms with Crippen molar-refractivity contribution in [2.45, 2.75) is 20.3 Å². The van der Waals surface area contributed by atoms with Gasteiger partial charge in [0.2, 0.25) is 0 Å². The summed E-state index contributed by atoms with van der Waals surface area (Å²) in [5.41, 5.74) is 3.33. The van der Waals surface area contributed by atoms with Gasteiger partial charge in [-0.3, -0.25) is 4.79 Å². The summed E-state index contributed by atoms with van der Waals surface area (Å²) in [7, 11) is 1.66. The van der Waals surface area contributed by atoms with E-state index in [9.17, 15) is 4.79 Å². The lowest BCUT2D eigenvalue weighted by atomic mass is 10.0. The summed E-state index contributed by atoms with van der Waals surface area (Å²) in [6.07, 6.45) is 0.975. The summed E-state index contributed by atoms with van der Waals surface area (Å²) >= 11 is 0. The lowest BCUT2D eigenvalue weighted by molar-refractivity contribution is -0.131. The second-order valence-corrected chi connectivity index (χ2v) is 4.51. The lowest BCUT2D eigenvalue weighted by Crippen LogP contribution is -2.00. The third-order valence-corrected chi connectivity index (χ3v) is 3.10. The quantitative estimate of drug-likeness (QED) is 0.625. The third-order valence-electron chi connectivity index (χ3n) is 3.10. The molecule has 0 atom stereocenters. The first kappa shape index (κ1) is 14.1. The van der Waals surface area contributed by atoms with Gasteiger partial charge >= 0.3 is 5.97 Å². The fourth-order valence-corrected chi connectivity index (χ4v) is 2.07. The van der Waals surface area contributed by atoms with E-state index in [4.69, 9.17) is 9.47 Å². The molecule has 0 saturated carbocycles. The predicted octanol–water partition coefficient (Wildman–Crippen LogP) is 3.85. The van der Waals surface area contributed by atoms with Crippen LogP contribution in [0.4, 0.5) is 0 Å². The van der Waals surface area contributed by atoms with Crippen LogP contribution in [0.2, 0.25) is 0 Å². The topological polar surface area (TPSA) is 35.5 Å². The number of carbonyl (C=O) groups is 1. The molecule has 0 aliphatic heterocycles. The highest BCUT2D eigenvalue weighted by Gasteiger charge is 2.07. The van der Waals surface area contributed by atoms with E-state index >= 15 is 0 Å². The Kier molecular flexibility index (Phi) is 4.41. The van der Waals surface area contributed by atoms with Gasteiger partial charge in [0, 0.05) is 12.5 Å². The van der Waals surface area contributed by atoms with Gasteiger partial charge in [-0.25, -0.2) is 0 Å². The standard InChI is InChI=1S/C17H18O3/c1-4-13-5-10-17(19-3)16(11-13)14-6-8-15(9-7-14)20-12(2)18/h5-11H,4H2,1-3H3. The number of hydrogen-bond acceptors (Lipinski definition) is 3. The van der Waals surface area contributed by atoms with Crippen LogP contribution in [0.3, 0.4) is 0 Å². The van der Waals surface area contributed by atoms with Gasteiger partial charge in [-0.15, -0.1) is 0 Å². The second kappa shape index (κ2) is 6.24. The van der Waals surface area contributed by atoms with Gasteiger partial charge in [0.15, 0.2) is 0 Å². The number of aryl methyl sites for hydroxylation is 1. The van der Waals surface area contributed by atoms with Crippen LogP contribution >= 0.6 is 0 Å². The monoisotopic (exact) mass is 270 g/mol. The molecular weight excluding hydrogens is 252 g/mol. The predicted molar refractivity (Wildman–Crippen MR) is 79.1 cm³/mol. The minimum atomic E-state index is -0.316. The molecule has 2 aromatic rings. The van der Waals surface area contributed by atoms with Gasteiger partial charge in [0.1, 0.15) is 11.5 Å². The molecule has 0 amide bonds. The average Bonchev–Trinajstić information content (AvgIpc) is 2.46. The Hall–Kier alpha value is -2.29. The molecule has 0 aliphatic carbocycles. The van der Waals surface area contributed by atoms with Crippen LogP contribution < -0.4 is 9.47 Å². The Morgan fingerprint density at radius 3 is 2.35 bits per heavy atom. The van der Waals surface area contributed by atoms with Gasteiger partial charge < -0.3 is 9.47 Å². The third kappa shape index (κ3) is 3.18. The molecule has 20 heavy (non-hydrogen) atoms. The van der Waals surface area contributed by atoms with Crippen LogP contribution in [0.5, 0.6) is 11.5 Å². The minimum Gasteiger partial charge on any atom is -0.496 e. The van der Waals surface area contributed by atoms with E-state index in [1.807, 2.05) is 18.2 Å². The summed E-state index contributed by atoms with van der Waals surface area (Å²) in [5, 5.41) is 0. The molecule has 0 bridgehead atoms. The summed E-state index contributed by atoms with van der Waals surface area (Å²) in [6, 6.07) is 13.6. The minimum absolute atomic E-state index is 0.316. The number of esters is 1. The van der Waals surface area contributed by atoms with Crippen molar-refractivity contribution in [1.82, 2.24) is 0 Å². The van der Waals surface area contributed by atoms with E-state index in [-0.39, 0.29) is 5.97 Å². The van der Waals surface area contributed by atoms with Gasteiger partial charge in [-0.1, -0.05) is 25.1 Å². The van der Waals surface area contributed by atoms with Crippen LogP contribution in [-0.2, 0) is 11.2 Å². The molecule has 0 radical (unpaired) electrons. The van der Waals surface area contributed by atoms with Gasteiger partial charge in [0.25, 0.3) is 0 Å². The molecule has 0 unspecified atom stereocenters. The Balaban J connectivity index is 2.37. The molecule has 0 aromatic heterocycles. The van der Waals surface area contributed by atoms with Crippen LogP contribution in [-0.4, -0.2) is 13.1 Å². The van der Waals surface area contributed by atoms with Crippen molar-refractivity contribution in [3.63, 3.8) is 0 Å². The second-order valence-electron chi connectivity index (χ2n) is 4.51. The first-order chi connectivity index (χ1) is 9.63. The average molecular weight is 270 g/mol. The molecule has 104 valence electrons. The van der Waals surface area contributed by atoms with E-state index in [1.165, 1.54) is 12.5 Å². The van der Waals surface area contributed by atoms with Crippen LogP contribution in [0.1, 0.15) is 19.4 Å². The maximum Gasteiger partial charge on any atom is 0.308 e. The molecule has 0 heterocycles. The zero-order valence-corrected chi connectivity index (χ0v) is 12.0. The Bertz CT molecular complexity index is 600. The van der Waals surface area contributed by atoms with Crippen molar-refractivity contribution in [3.05, 3.63) is 48.0 Å². The van der Waals surface area contributed by atoms with Gasteiger partial charge in [0.05, 0.1) is 7.11 Å². The summed E-state index contributed by atoms with van der Waals surface area (Å²) in [5.74, 6) is 1.07. The molecule has 0 spiro atoms. The molecule has 2 aromatic carbocycles. The Labute approximate surface area is 119 Å². The normalized spacial score (nSPS) is 10.2. The smallest absolute Gasteiger partial charge is 0.308 e. The molecule has 0 saturated heterocycles. The first-order valence-electron chi connectivity index (χ1n) is 6.59. The largest absolute Gasteiger partial charge is 0.496 e. The number of ether oxygens (including phenoxy) is 2. The van der Waals surface area contributed by atoms with Crippen LogP contribution in [0, 0.1) is 0 Å². The Morgan fingerprint density at radius 2 is 1.80 bits per heavy atom. The van der Waals surface area contributed by atoms with Crippen molar-refractivity contribution in [2.75, 3.05) is 7.11 Å². The Morgan fingerprint density at radius 1 is 1.10 bits per heavy atom. The summed E-state index contributed by atoms with van der Waals surface area (Å²) < 4.78 is 10.4. The number of methoxy groups -OCH3 is 1. The van der Waals surface area contributed by atoms with E-state index in [0.29, 0.717) is 5.75 Å². The fraction of sp³-hybridized carbons (Fsp3) is 0.235. The molecule has 0 aliphatic rings. The van der Waals surface area contributed by atoms with Crippen LogP contribution in [0.25, 0.3) is 11.1 Å². The fourth-order valence-electron chi connectivity index (χ4n) is 2.07. The highest BCUT2D eigenvalue weighted by atomic mass is 16.5. The van der Waals surface area contributed by atoms with Crippen molar-refractivity contribution < 1.29 is 14.3 Å². The highest BCUT2D eigenvalue weighted by molar-refractivity contribution is 5.73. The molecule has 2 rings (SSSR count). The molecule has 0 N–H and O–H groups in total. The molecule has 3 nitrogen and oxygen atoms in total. The zero-order valence-electron chi connectivity index (χ0n) is 12.0. The van der Waals surface area contributed by atoms with E-state index in [0.717, 1.165) is 23.3 Å². The molecular formula is C17H18O3. The summed E-state index contributed by atoms with van der Waals surface area (Å²) in [4.78, 5) is 10.9. The maximum absolute atomic E-state index is 10.9. The zero-order chi connectivity index (χ0) is 14.5. The van der Waals surface area contributed by atoms with Crippen molar-refractivity contribution >= 4 is 5.97 Å². The number of carbonyl (C=O) groups excluding carboxylic acids is 1. The summed E-state index contributed by atoms with van der Waals surface area (Å²) in [6.45, 7) is 3.51. The van der Waals surface area contributed by atoms with Crippen molar-refractivity contribution in [3.8, 4) is 22.6 Å². The van der Waals surface area contributed by atoms with Gasteiger partial charge in [-0.2, -0.15) is 0 Å². The number of rotatable bonds is 4.